The van der Waals surface area contributed by atoms with Gasteiger partial charge in [0, 0.05) is 29.8 Å². The maximum atomic E-state index is 12.2. The average molecular weight is 304 g/mol. The summed E-state index contributed by atoms with van der Waals surface area (Å²) >= 11 is 0. The minimum Gasteiger partial charge on any atom is -0.342 e. The molecule has 4 nitrogen and oxygen atoms in total. The number of amides is 1. The minimum atomic E-state index is -3.75. The number of halogens is 1. The molecule has 0 saturated carbocycles. The lowest BCUT2D eigenvalue weighted by Crippen LogP contribution is -2.28. The summed E-state index contributed by atoms with van der Waals surface area (Å²) in [4.78, 5) is 13.8. The number of aryl methyl sites for hydroxylation is 1. The van der Waals surface area contributed by atoms with Gasteiger partial charge < -0.3 is 4.90 Å². The van der Waals surface area contributed by atoms with Crippen molar-refractivity contribution in [2.45, 2.75) is 31.6 Å². The number of hydrogen-bond acceptors (Lipinski definition) is 3. The fourth-order valence-corrected chi connectivity index (χ4v) is 2.57. The Bertz CT molecular complexity index is 569. The highest BCUT2D eigenvalue weighted by atomic mass is 35.7. The predicted octanol–water partition coefficient (Wildman–Crippen LogP) is 2.79. The number of carbonyl (C=O) groups is 1. The minimum absolute atomic E-state index is 0.0134. The highest BCUT2D eigenvalue weighted by Crippen LogP contribution is 2.20. The van der Waals surface area contributed by atoms with E-state index in [1.807, 2.05) is 0 Å². The Labute approximate surface area is 118 Å². The summed E-state index contributed by atoms with van der Waals surface area (Å²) in [6.45, 7) is 4.44. The van der Waals surface area contributed by atoms with E-state index in [9.17, 15) is 13.2 Å². The molecule has 0 fully saturated rings. The normalized spacial score (nSPS) is 11.4. The molecule has 0 aromatic heterocycles. The van der Waals surface area contributed by atoms with Crippen molar-refractivity contribution >= 4 is 25.6 Å². The van der Waals surface area contributed by atoms with Gasteiger partial charge in [0.05, 0.1) is 4.90 Å². The van der Waals surface area contributed by atoms with Crippen molar-refractivity contribution < 1.29 is 13.2 Å². The van der Waals surface area contributed by atoms with E-state index in [-0.39, 0.29) is 10.8 Å². The Kier molecular flexibility index (Phi) is 5.38. The highest BCUT2D eigenvalue weighted by molar-refractivity contribution is 8.13. The van der Waals surface area contributed by atoms with Gasteiger partial charge in [-0.3, -0.25) is 4.79 Å². The first kappa shape index (κ1) is 16.0. The lowest BCUT2D eigenvalue weighted by atomic mass is 10.1. The van der Waals surface area contributed by atoms with E-state index in [4.69, 9.17) is 10.7 Å². The highest BCUT2D eigenvalue weighted by Gasteiger charge is 2.17. The van der Waals surface area contributed by atoms with E-state index < -0.39 is 9.05 Å². The Morgan fingerprint density at radius 1 is 1.37 bits per heavy atom. The van der Waals surface area contributed by atoms with Gasteiger partial charge in [-0.2, -0.15) is 0 Å². The predicted molar refractivity (Wildman–Crippen MR) is 76.1 cm³/mol. The van der Waals surface area contributed by atoms with Crippen LogP contribution in [0.3, 0.4) is 0 Å². The number of rotatable bonds is 5. The first-order chi connectivity index (χ1) is 8.77. The second kappa shape index (κ2) is 6.39. The molecule has 0 atom stereocenters. The molecule has 0 saturated heterocycles. The quantitative estimate of drug-likeness (QED) is 0.786. The summed E-state index contributed by atoms with van der Waals surface area (Å²) in [5.74, 6) is -0.107. The second-order valence-electron chi connectivity index (χ2n) is 4.49. The molecular weight excluding hydrogens is 286 g/mol. The van der Waals surface area contributed by atoms with Crippen molar-refractivity contribution in [3.8, 4) is 0 Å². The average Bonchev–Trinajstić information content (AvgIpc) is 2.33. The molecule has 0 spiro atoms. The molecule has 0 aliphatic heterocycles. The Morgan fingerprint density at radius 3 is 2.47 bits per heavy atom. The van der Waals surface area contributed by atoms with Crippen LogP contribution < -0.4 is 0 Å². The van der Waals surface area contributed by atoms with Gasteiger partial charge in [-0.25, -0.2) is 8.42 Å². The molecule has 19 heavy (non-hydrogen) atoms. The van der Waals surface area contributed by atoms with Gasteiger partial charge in [0.2, 0.25) is 0 Å². The maximum absolute atomic E-state index is 12.2. The van der Waals surface area contributed by atoms with Gasteiger partial charge in [0.1, 0.15) is 0 Å². The lowest BCUT2D eigenvalue weighted by Gasteiger charge is -2.18. The van der Waals surface area contributed by atoms with Crippen molar-refractivity contribution in [1.29, 1.82) is 0 Å². The smallest absolute Gasteiger partial charge is 0.261 e. The van der Waals surface area contributed by atoms with Gasteiger partial charge in [-0.05, 0) is 37.1 Å². The van der Waals surface area contributed by atoms with Crippen LogP contribution in [0.2, 0.25) is 0 Å². The molecular formula is C13H18ClNO3S. The summed E-state index contributed by atoms with van der Waals surface area (Å²) in [5.41, 5.74) is 1.11. The van der Waals surface area contributed by atoms with Crippen LogP contribution >= 0.6 is 10.7 Å². The fourth-order valence-electron chi connectivity index (χ4n) is 1.73. The number of unbranched alkanes of at least 4 members (excludes halogenated alkanes) is 1. The SMILES string of the molecule is CCCCN(C)C(=O)c1ccc(S(=O)(=O)Cl)cc1C. The van der Waals surface area contributed by atoms with Crippen LogP contribution in [0.4, 0.5) is 0 Å². The molecule has 1 amide bonds. The van der Waals surface area contributed by atoms with E-state index in [0.717, 1.165) is 12.8 Å². The number of benzene rings is 1. The number of nitrogens with zero attached hydrogens (tertiary/aromatic N) is 1. The van der Waals surface area contributed by atoms with Crippen LogP contribution in [0.1, 0.15) is 35.7 Å². The van der Waals surface area contributed by atoms with Crippen molar-refractivity contribution in [2.75, 3.05) is 13.6 Å². The Morgan fingerprint density at radius 2 is 2.00 bits per heavy atom. The number of carbonyl (C=O) groups excluding carboxylic acids is 1. The van der Waals surface area contributed by atoms with Gasteiger partial charge >= 0.3 is 0 Å². The van der Waals surface area contributed by atoms with Crippen LogP contribution in [0.15, 0.2) is 23.1 Å². The maximum Gasteiger partial charge on any atom is 0.261 e. The third kappa shape index (κ3) is 4.21. The van der Waals surface area contributed by atoms with Gasteiger partial charge in [-0.15, -0.1) is 0 Å². The largest absolute Gasteiger partial charge is 0.342 e. The topological polar surface area (TPSA) is 54.5 Å². The van der Waals surface area contributed by atoms with Crippen molar-refractivity contribution in [3.63, 3.8) is 0 Å². The van der Waals surface area contributed by atoms with Crippen molar-refractivity contribution in [2.24, 2.45) is 0 Å². The molecule has 0 bridgehead atoms. The first-order valence-corrected chi connectivity index (χ1v) is 8.39. The van der Waals surface area contributed by atoms with Crippen LogP contribution in [-0.2, 0) is 9.05 Å². The Hall–Kier alpha value is -1.07. The lowest BCUT2D eigenvalue weighted by molar-refractivity contribution is 0.0792. The monoisotopic (exact) mass is 303 g/mol. The van der Waals surface area contributed by atoms with E-state index in [2.05, 4.69) is 6.92 Å². The molecule has 0 radical (unpaired) electrons. The molecule has 0 N–H and O–H groups in total. The molecule has 1 rings (SSSR count). The van der Waals surface area contributed by atoms with E-state index in [1.165, 1.54) is 18.2 Å². The van der Waals surface area contributed by atoms with E-state index >= 15 is 0 Å². The third-order valence-electron chi connectivity index (χ3n) is 2.90. The van der Waals surface area contributed by atoms with Crippen LogP contribution in [0, 0.1) is 6.92 Å². The van der Waals surface area contributed by atoms with E-state index in [0.29, 0.717) is 17.7 Å². The summed E-state index contributed by atoms with van der Waals surface area (Å²) in [6, 6.07) is 4.29. The zero-order valence-electron chi connectivity index (χ0n) is 11.3. The molecule has 1 aromatic rings. The van der Waals surface area contributed by atoms with Crippen LogP contribution in [-0.4, -0.2) is 32.8 Å². The fraction of sp³-hybridized carbons (Fsp3) is 0.462. The molecule has 106 valence electrons. The van der Waals surface area contributed by atoms with Crippen LogP contribution in [0.5, 0.6) is 0 Å². The first-order valence-electron chi connectivity index (χ1n) is 6.08. The molecule has 0 unspecified atom stereocenters. The van der Waals surface area contributed by atoms with Crippen molar-refractivity contribution in [1.82, 2.24) is 4.90 Å². The summed E-state index contributed by atoms with van der Waals surface area (Å²) in [5, 5.41) is 0. The summed E-state index contributed by atoms with van der Waals surface area (Å²) in [7, 11) is 3.26. The molecule has 0 heterocycles. The molecule has 0 aliphatic rings. The van der Waals surface area contributed by atoms with Crippen molar-refractivity contribution in [3.05, 3.63) is 29.3 Å². The second-order valence-corrected chi connectivity index (χ2v) is 7.06. The van der Waals surface area contributed by atoms with Gasteiger partial charge in [0.15, 0.2) is 0 Å². The summed E-state index contributed by atoms with van der Waals surface area (Å²) < 4.78 is 22.4. The zero-order chi connectivity index (χ0) is 14.6. The van der Waals surface area contributed by atoms with E-state index in [1.54, 1.807) is 18.9 Å². The zero-order valence-corrected chi connectivity index (χ0v) is 12.9. The van der Waals surface area contributed by atoms with Gasteiger partial charge in [-0.1, -0.05) is 13.3 Å². The Balaban J connectivity index is 3.00. The van der Waals surface area contributed by atoms with Crippen LogP contribution in [0.25, 0.3) is 0 Å². The molecule has 1 aromatic carbocycles. The standard InChI is InChI=1S/C13H18ClNO3S/c1-4-5-8-15(3)13(16)12-7-6-11(9-10(12)2)19(14,17)18/h6-7,9H,4-5,8H2,1-3H3. The molecule has 6 heteroatoms. The number of hydrogen-bond donors (Lipinski definition) is 0. The third-order valence-corrected chi connectivity index (χ3v) is 4.26. The van der Waals surface area contributed by atoms with Gasteiger partial charge in [0.25, 0.3) is 15.0 Å². The molecule has 0 aliphatic carbocycles. The summed E-state index contributed by atoms with van der Waals surface area (Å²) in [6.07, 6.45) is 1.95.